The lowest BCUT2D eigenvalue weighted by Gasteiger charge is -2.15. The fourth-order valence-corrected chi connectivity index (χ4v) is 2.08. The Bertz CT molecular complexity index is 572. The summed E-state index contributed by atoms with van der Waals surface area (Å²) in [7, 11) is 0. The van der Waals surface area contributed by atoms with Crippen molar-refractivity contribution in [2.75, 3.05) is 12.3 Å². The van der Waals surface area contributed by atoms with Crippen LogP contribution in [0.2, 0.25) is 0 Å². The summed E-state index contributed by atoms with van der Waals surface area (Å²) in [6.07, 6.45) is -1.52. The van der Waals surface area contributed by atoms with Gasteiger partial charge in [0.2, 0.25) is 0 Å². The molecule has 9 nitrogen and oxygen atoms in total. The molecular weight excluding hydrogens is 270 g/mol. The van der Waals surface area contributed by atoms with Gasteiger partial charge in [-0.3, -0.25) is 9.36 Å². The first-order valence-electron chi connectivity index (χ1n) is 5.96. The number of nitrogen functional groups attached to an aromatic ring is 1. The summed E-state index contributed by atoms with van der Waals surface area (Å²) in [6.45, 7) is -0.378. The minimum Gasteiger partial charge on any atom is -0.481 e. The Kier molecular flexibility index (Phi) is 4.02. The molecule has 3 atom stereocenters. The van der Waals surface area contributed by atoms with E-state index in [0.717, 1.165) is 4.57 Å². The lowest BCUT2D eigenvalue weighted by atomic mass is 10.2. The van der Waals surface area contributed by atoms with Crippen molar-refractivity contribution in [2.45, 2.75) is 31.3 Å². The van der Waals surface area contributed by atoms with E-state index in [2.05, 4.69) is 4.98 Å². The van der Waals surface area contributed by atoms with E-state index < -0.39 is 30.1 Å². The second-order valence-corrected chi connectivity index (χ2v) is 4.53. The van der Waals surface area contributed by atoms with Crippen LogP contribution in [0, 0.1) is 0 Å². The van der Waals surface area contributed by atoms with E-state index in [-0.39, 0.29) is 30.8 Å². The third-order valence-electron chi connectivity index (χ3n) is 3.10. The Hall–Kier alpha value is -1.97. The van der Waals surface area contributed by atoms with E-state index >= 15 is 0 Å². The number of carboxylic acid groups (broad SMARTS) is 1. The Balaban J connectivity index is 2.32. The van der Waals surface area contributed by atoms with Crippen LogP contribution in [-0.4, -0.2) is 49.7 Å². The number of carboxylic acids is 1. The molecule has 1 fully saturated rings. The summed E-state index contributed by atoms with van der Waals surface area (Å²) in [5, 5.41) is 27.4. The Morgan fingerprint density at radius 1 is 1.60 bits per heavy atom. The molecule has 1 aliphatic rings. The van der Waals surface area contributed by atoms with E-state index in [9.17, 15) is 14.7 Å². The van der Waals surface area contributed by atoms with Crippen LogP contribution >= 0.6 is 0 Å². The fraction of sp³-hybridized carbons (Fsp3) is 0.545. The molecule has 0 aromatic carbocycles. The molecule has 0 amide bonds. The first kappa shape index (κ1) is 14.4. The summed E-state index contributed by atoms with van der Waals surface area (Å²) >= 11 is 0. The maximum Gasteiger partial charge on any atom is 0.351 e. The quantitative estimate of drug-likeness (QED) is 0.501. The molecule has 0 saturated carbocycles. The SMILES string of the molecule is Nc1nc(=O)n([C@H]2C[C@@H](O)[C@H](CO)O2)cc1CC(=O)O. The highest BCUT2D eigenvalue weighted by Gasteiger charge is 2.35. The third-order valence-corrected chi connectivity index (χ3v) is 3.10. The minimum absolute atomic E-state index is 0.100. The van der Waals surface area contributed by atoms with E-state index in [4.69, 9.17) is 20.7 Å². The number of hydrogen-bond donors (Lipinski definition) is 4. The first-order chi connectivity index (χ1) is 9.42. The number of carbonyl (C=O) groups is 1. The number of aliphatic carboxylic acids is 1. The van der Waals surface area contributed by atoms with Crippen LogP contribution in [-0.2, 0) is 16.0 Å². The molecule has 0 bridgehead atoms. The number of hydrogen-bond acceptors (Lipinski definition) is 7. The van der Waals surface area contributed by atoms with E-state index in [1.54, 1.807) is 0 Å². The van der Waals surface area contributed by atoms with Gasteiger partial charge in [0.05, 0.1) is 19.1 Å². The van der Waals surface area contributed by atoms with Crippen molar-refractivity contribution in [1.82, 2.24) is 9.55 Å². The van der Waals surface area contributed by atoms with Gasteiger partial charge < -0.3 is 25.8 Å². The molecule has 5 N–H and O–H groups in total. The lowest BCUT2D eigenvalue weighted by molar-refractivity contribution is -0.136. The molecule has 0 unspecified atom stereocenters. The molecule has 1 aromatic heterocycles. The molecular formula is C11H15N3O6. The Morgan fingerprint density at radius 3 is 2.85 bits per heavy atom. The lowest BCUT2D eigenvalue weighted by Crippen LogP contribution is -2.29. The monoisotopic (exact) mass is 285 g/mol. The van der Waals surface area contributed by atoms with Gasteiger partial charge in [0, 0.05) is 18.2 Å². The average molecular weight is 285 g/mol. The normalized spacial score (nSPS) is 25.8. The average Bonchev–Trinajstić information content (AvgIpc) is 2.73. The summed E-state index contributed by atoms with van der Waals surface area (Å²) in [5.74, 6) is -1.25. The number of aliphatic hydroxyl groups is 2. The number of nitrogens with two attached hydrogens (primary N) is 1. The molecule has 0 spiro atoms. The zero-order valence-electron chi connectivity index (χ0n) is 10.5. The van der Waals surface area contributed by atoms with Gasteiger partial charge in [0.1, 0.15) is 18.1 Å². The van der Waals surface area contributed by atoms with Crippen LogP contribution in [0.25, 0.3) is 0 Å². The number of aromatic nitrogens is 2. The molecule has 0 aliphatic carbocycles. The number of ether oxygens (including phenoxy) is 1. The molecule has 1 aromatic rings. The summed E-state index contributed by atoms with van der Waals surface area (Å²) < 4.78 is 6.40. The second kappa shape index (κ2) is 5.57. The van der Waals surface area contributed by atoms with Crippen molar-refractivity contribution >= 4 is 11.8 Å². The van der Waals surface area contributed by atoms with Gasteiger partial charge in [-0.05, 0) is 0 Å². The van der Waals surface area contributed by atoms with Crippen molar-refractivity contribution in [3.05, 3.63) is 22.2 Å². The first-order valence-corrected chi connectivity index (χ1v) is 5.96. The van der Waals surface area contributed by atoms with Crippen molar-refractivity contribution in [2.24, 2.45) is 0 Å². The number of anilines is 1. The van der Waals surface area contributed by atoms with Crippen molar-refractivity contribution < 1.29 is 24.9 Å². The van der Waals surface area contributed by atoms with Crippen LogP contribution in [0.4, 0.5) is 5.82 Å². The predicted octanol–water partition coefficient (Wildman–Crippen LogP) is -1.91. The van der Waals surface area contributed by atoms with Crippen molar-refractivity contribution in [3.8, 4) is 0 Å². The second-order valence-electron chi connectivity index (χ2n) is 4.53. The summed E-state index contributed by atoms with van der Waals surface area (Å²) in [6, 6.07) is 0. The molecule has 2 heterocycles. The highest BCUT2D eigenvalue weighted by Crippen LogP contribution is 2.27. The topological polar surface area (TPSA) is 148 Å². The molecule has 20 heavy (non-hydrogen) atoms. The van der Waals surface area contributed by atoms with Crippen LogP contribution in [0.1, 0.15) is 18.2 Å². The molecule has 2 rings (SSSR count). The molecule has 1 aliphatic heterocycles. The number of rotatable bonds is 4. The summed E-state index contributed by atoms with van der Waals surface area (Å²) in [5.41, 5.74) is 4.98. The standard InChI is InChI=1S/C11H15N3O6/c12-10-5(1-9(17)18)3-14(11(19)13-10)8-2-6(16)7(4-15)20-8/h3,6-8,15-16H,1-2,4H2,(H,17,18)(H2,12,13,19)/t6-,7+,8-/m1/s1. The van der Waals surface area contributed by atoms with E-state index in [0.29, 0.717) is 0 Å². The number of nitrogens with zero attached hydrogens (tertiary/aromatic N) is 2. The van der Waals surface area contributed by atoms with Gasteiger partial charge >= 0.3 is 11.7 Å². The van der Waals surface area contributed by atoms with Crippen molar-refractivity contribution in [3.63, 3.8) is 0 Å². The van der Waals surface area contributed by atoms with E-state index in [1.807, 2.05) is 0 Å². The zero-order chi connectivity index (χ0) is 14.9. The Morgan fingerprint density at radius 2 is 2.30 bits per heavy atom. The van der Waals surface area contributed by atoms with Gasteiger partial charge in [0.15, 0.2) is 0 Å². The Labute approximate surface area is 113 Å². The van der Waals surface area contributed by atoms with Crippen LogP contribution < -0.4 is 11.4 Å². The van der Waals surface area contributed by atoms with Gasteiger partial charge in [-0.15, -0.1) is 0 Å². The highest BCUT2D eigenvalue weighted by atomic mass is 16.5. The highest BCUT2D eigenvalue weighted by molar-refractivity contribution is 5.71. The zero-order valence-corrected chi connectivity index (χ0v) is 10.5. The molecule has 9 heteroatoms. The molecule has 1 saturated heterocycles. The van der Waals surface area contributed by atoms with Crippen molar-refractivity contribution in [1.29, 1.82) is 0 Å². The maximum absolute atomic E-state index is 11.8. The van der Waals surface area contributed by atoms with Gasteiger partial charge in [-0.1, -0.05) is 0 Å². The van der Waals surface area contributed by atoms with E-state index in [1.165, 1.54) is 6.20 Å². The molecule has 110 valence electrons. The minimum atomic E-state index is -1.11. The molecule has 0 radical (unpaired) electrons. The van der Waals surface area contributed by atoms with Gasteiger partial charge in [0.25, 0.3) is 0 Å². The predicted molar refractivity (Wildman–Crippen MR) is 65.9 cm³/mol. The fourth-order valence-electron chi connectivity index (χ4n) is 2.08. The number of aliphatic hydroxyl groups excluding tert-OH is 2. The largest absolute Gasteiger partial charge is 0.481 e. The van der Waals surface area contributed by atoms with Crippen LogP contribution in [0.15, 0.2) is 11.0 Å². The maximum atomic E-state index is 11.8. The summed E-state index contributed by atoms with van der Waals surface area (Å²) in [4.78, 5) is 26.0. The van der Waals surface area contributed by atoms with Gasteiger partial charge in [-0.2, -0.15) is 4.98 Å². The smallest absolute Gasteiger partial charge is 0.351 e. The van der Waals surface area contributed by atoms with Gasteiger partial charge in [-0.25, -0.2) is 4.79 Å². The van der Waals surface area contributed by atoms with Crippen LogP contribution in [0.3, 0.4) is 0 Å². The van der Waals surface area contributed by atoms with Crippen LogP contribution in [0.5, 0.6) is 0 Å². The third kappa shape index (κ3) is 2.79.